The second-order valence-corrected chi connectivity index (χ2v) is 6.03. The molecule has 0 aromatic carbocycles. The van der Waals surface area contributed by atoms with Gasteiger partial charge in [-0.3, -0.25) is 0 Å². The van der Waals surface area contributed by atoms with Crippen LogP contribution in [0.2, 0.25) is 0 Å². The fourth-order valence-electron chi connectivity index (χ4n) is 2.12. The summed E-state index contributed by atoms with van der Waals surface area (Å²) in [5, 5.41) is 0. The highest BCUT2D eigenvalue weighted by atomic mass is 16.5. The van der Waals surface area contributed by atoms with E-state index in [0.29, 0.717) is 12.5 Å². The second kappa shape index (κ2) is 12.3. The van der Waals surface area contributed by atoms with Gasteiger partial charge in [0, 0.05) is 6.08 Å². The molecule has 0 fully saturated rings. The summed E-state index contributed by atoms with van der Waals surface area (Å²) < 4.78 is 5.03. The quantitative estimate of drug-likeness (QED) is 0.279. The molecule has 0 N–H and O–H groups in total. The molecule has 2 heteroatoms. The van der Waals surface area contributed by atoms with E-state index in [1.165, 1.54) is 51.0 Å². The molecule has 0 aliphatic heterocycles. The van der Waals surface area contributed by atoms with E-state index < -0.39 is 0 Å². The Labute approximate surface area is 119 Å². The molecule has 0 aromatic heterocycles. The van der Waals surface area contributed by atoms with Gasteiger partial charge in [-0.2, -0.15) is 0 Å². The van der Waals surface area contributed by atoms with E-state index >= 15 is 0 Å². The zero-order valence-electron chi connectivity index (χ0n) is 13.1. The fraction of sp³-hybridized carbons (Fsp3) is 0.824. The maximum Gasteiger partial charge on any atom is 0.330 e. The highest BCUT2D eigenvalue weighted by Gasteiger charge is 2.04. The molecule has 0 radical (unpaired) electrons. The van der Waals surface area contributed by atoms with Crippen LogP contribution in [0.3, 0.4) is 0 Å². The summed E-state index contributed by atoms with van der Waals surface area (Å²) in [7, 11) is 0. The lowest BCUT2D eigenvalue weighted by molar-refractivity contribution is -0.139. The van der Waals surface area contributed by atoms with Gasteiger partial charge in [0.25, 0.3) is 0 Å². The van der Waals surface area contributed by atoms with Crippen LogP contribution < -0.4 is 0 Å². The number of carbonyl (C=O) groups is 1. The first-order valence-electron chi connectivity index (χ1n) is 7.85. The topological polar surface area (TPSA) is 26.3 Å². The molecule has 0 heterocycles. The Kier molecular flexibility index (Phi) is 11.7. The maximum atomic E-state index is 10.9. The van der Waals surface area contributed by atoms with Gasteiger partial charge in [0.05, 0.1) is 6.61 Å². The molecule has 2 nitrogen and oxygen atoms in total. The average Bonchev–Trinajstić information content (AvgIpc) is 2.38. The van der Waals surface area contributed by atoms with E-state index in [1.54, 1.807) is 0 Å². The first-order valence-corrected chi connectivity index (χ1v) is 7.85. The summed E-state index contributed by atoms with van der Waals surface area (Å²) in [6, 6.07) is 0. The van der Waals surface area contributed by atoms with Gasteiger partial charge in [0.1, 0.15) is 0 Å². The first kappa shape index (κ1) is 18.2. The second-order valence-electron chi connectivity index (χ2n) is 6.03. The van der Waals surface area contributed by atoms with Crippen molar-refractivity contribution in [1.82, 2.24) is 0 Å². The van der Waals surface area contributed by atoms with Gasteiger partial charge >= 0.3 is 5.97 Å². The number of hydrogen-bond donors (Lipinski definition) is 0. The average molecular weight is 268 g/mol. The van der Waals surface area contributed by atoms with Crippen LogP contribution in [-0.4, -0.2) is 12.6 Å². The number of hydrogen-bond acceptors (Lipinski definition) is 2. The van der Waals surface area contributed by atoms with E-state index in [4.69, 9.17) is 4.74 Å². The molecule has 0 amide bonds. The first-order chi connectivity index (χ1) is 9.06. The molecule has 0 aromatic rings. The van der Waals surface area contributed by atoms with E-state index in [1.807, 2.05) is 0 Å². The summed E-state index contributed by atoms with van der Waals surface area (Å²) in [5.41, 5.74) is 0. The Morgan fingerprint density at radius 3 is 2.05 bits per heavy atom. The Bertz CT molecular complexity index is 233. The van der Waals surface area contributed by atoms with Gasteiger partial charge in [0.15, 0.2) is 0 Å². The number of carbonyl (C=O) groups excluding carboxylic acids is 1. The van der Waals surface area contributed by atoms with Crippen molar-refractivity contribution in [1.29, 1.82) is 0 Å². The SMILES string of the molecule is C=CC(=O)OCC(C)CCCCCCCCC(C)C. The molecule has 0 saturated carbocycles. The van der Waals surface area contributed by atoms with Crippen LogP contribution in [0.15, 0.2) is 12.7 Å². The normalized spacial score (nSPS) is 12.4. The third-order valence-electron chi connectivity index (χ3n) is 3.41. The summed E-state index contributed by atoms with van der Waals surface area (Å²) in [6.45, 7) is 10.6. The van der Waals surface area contributed by atoms with E-state index in [2.05, 4.69) is 27.4 Å². The molecule has 0 spiro atoms. The van der Waals surface area contributed by atoms with Crippen LogP contribution in [0.1, 0.15) is 72.1 Å². The largest absolute Gasteiger partial charge is 0.462 e. The zero-order valence-corrected chi connectivity index (χ0v) is 13.1. The summed E-state index contributed by atoms with van der Waals surface area (Å²) >= 11 is 0. The summed E-state index contributed by atoms with van der Waals surface area (Å²) in [5.74, 6) is 1.00. The number of ether oxygens (including phenoxy) is 1. The lowest BCUT2D eigenvalue weighted by Gasteiger charge is -2.11. The van der Waals surface area contributed by atoms with Crippen molar-refractivity contribution in [2.24, 2.45) is 11.8 Å². The van der Waals surface area contributed by atoms with Gasteiger partial charge in [-0.05, 0) is 18.3 Å². The summed E-state index contributed by atoms with van der Waals surface area (Å²) in [6.07, 6.45) is 11.8. The van der Waals surface area contributed by atoms with Crippen LogP contribution in [0.5, 0.6) is 0 Å². The number of esters is 1. The van der Waals surface area contributed by atoms with Crippen LogP contribution in [-0.2, 0) is 9.53 Å². The van der Waals surface area contributed by atoms with Crippen molar-refractivity contribution >= 4 is 5.97 Å². The predicted octanol–water partition coefficient (Wildman–Crippen LogP) is 5.13. The van der Waals surface area contributed by atoms with Crippen LogP contribution in [0, 0.1) is 11.8 Å². The molecule has 1 unspecified atom stereocenters. The lowest BCUT2D eigenvalue weighted by atomic mass is 10.0. The molecule has 19 heavy (non-hydrogen) atoms. The van der Waals surface area contributed by atoms with Crippen LogP contribution in [0.4, 0.5) is 0 Å². The van der Waals surface area contributed by atoms with Crippen molar-refractivity contribution < 1.29 is 9.53 Å². The smallest absolute Gasteiger partial charge is 0.330 e. The van der Waals surface area contributed by atoms with E-state index in [0.717, 1.165) is 12.3 Å². The third kappa shape index (κ3) is 13.4. The highest BCUT2D eigenvalue weighted by Crippen LogP contribution is 2.14. The molecule has 0 rings (SSSR count). The van der Waals surface area contributed by atoms with Gasteiger partial charge < -0.3 is 4.74 Å². The van der Waals surface area contributed by atoms with E-state index in [-0.39, 0.29) is 5.97 Å². The Morgan fingerprint density at radius 1 is 1.00 bits per heavy atom. The van der Waals surface area contributed by atoms with Crippen molar-refractivity contribution in [2.45, 2.75) is 72.1 Å². The monoisotopic (exact) mass is 268 g/mol. The van der Waals surface area contributed by atoms with Crippen molar-refractivity contribution in [3.63, 3.8) is 0 Å². The van der Waals surface area contributed by atoms with Crippen LogP contribution >= 0.6 is 0 Å². The highest BCUT2D eigenvalue weighted by molar-refractivity contribution is 5.81. The standard InChI is InChI=1S/C17H32O2/c1-5-17(18)19-14-16(4)13-11-9-7-6-8-10-12-15(2)3/h5,15-16H,1,6-14H2,2-4H3. The van der Waals surface area contributed by atoms with Gasteiger partial charge in [-0.1, -0.05) is 72.3 Å². The fourth-order valence-corrected chi connectivity index (χ4v) is 2.12. The summed E-state index contributed by atoms with van der Waals surface area (Å²) in [4.78, 5) is 10.9. The molecule has 0 aliphatic rings. The minimum atomic E-state index is -0.308. The van der Waals surface area contributed by atoms with Crippen molar-refractivity contribution in [2.75, 3.05) is 6.61 Å². The molecular formula is C17H32O2. The predicted molar refractivity (Wildman–Crippen MR) is 82.1 cm³/mol. The van der Waals surface area contributed by atoms with Gasteiger partial charge in [-0.25, -0.2) is 4.79 Å². The van der Waals surface area contributed by atoms with Crippen molar-refractivity contribution in [3.8, 4) is 0 Å². The molecule has 0 aliphatic carbocycles. The Hall–Kier alpha value is -0.790. The van der Waals surface area contributed by atoms with Crippen LogP contribution in [0.25, 0.3) is 0 Å². The van der Waals surface area contributed by atoms with Crippen molar-refractivity contribution in [3.05, 3.63) is 12.7 Å². The lowest BCUT2D eigenvalue weighted by Crippen LogP contribution is -2.09. The number of unbranched alkanes of at least 4 members (excludes halogenated alkanes) is 5. The molecule has 1 atom stereocenters. The minimum absolute atomic E-state index is 0.308. The molecular weight excluding hydrogens is 236 g/mol. The molecule has 112 valence electrons. The Morgan fingerprint density at radius 2 is 1.53 bits per heavy atom. The third-order valence-corrected chi connectivity index (χ3v) is 3.41. The number of rotatable bonds is 12. The van der Waals surface area contributed by atoms with E-state index in [9.17, 15) is 4.79 Å². The zero-order chi connectivity index (χ0) is 14.5. The van der Waals surface area contributed by atoms with Gasteiger partial charge in [-0.15, -0.1) is 0 Å². The maximum absolute atomic E-state index is 10.9. The Balaban J connectivity index is 3.25. The minimum Gasteiger partial charge on any atom is -0.462 e. The van der Waals surface area contributed by atoms with Gasteiger partial charge in [0.2, 0.25) is 0 Å². The molecule has 0 bridgehead atoms. The molecule has 0 saturated heterocycles.